The number of nitrogens with one attached hydrogen (secondary N) is 1. The second-order valence-corrected chi connectivity index (χ2v) is 6.40. The minimum Gasteiger partial charge on any atom is -0.435 e. The number of nitrogens with zero attached hydrogens (tertiary/aromatic N) is 3. The van der Waals surface area contributed by atoms with E-state index < -0.39 is 0 Å². The number of nitrogens with two attached hydrogens (primary N) is 1. The zero-order chi connectivity index (χ0) is 18.8. The van der Waals surface area contributed by atoms with E-state index >= 15 is 0 Å². The van der Waals surface area contributed by atoms with Crippen LogP contribution in [-0.2, 0) is 0 Å². The highest BCUT2D eigenvalue weighted by atomic mass is 35.5. The molecule has 0 unspecified atom stereocenters. The Labute approximate surface area is 161 Å². The van der Waals surface area contributed by atoms with Gasteiger partial charge in [-0.2, -0.15) is 4.98 Å². The van der Waals surface area contributed by atoms with Crippen LogP contribution in [0.5, 0.6) is 11.6 Å². The molecule has 0 spiro atoms. The molecule has 0 amide bonds. The minimum atomic E-state index is 0.261. The van der Waals surface area contributed by atoms with Crippen LogP contribution in [0.3, 0.4) is 0 Å². The van der Waals surface area contributed by atoms with Crippen LogP contribution in [0.1, 0.15) is 5.56 Å². The minimum absolute atomic E-state index is 0.261. The topological polar surface area (TPSA) is 86.0 Å². The van der Waals surface area contributed by atoms with Gasteiger partial charge in [0.1, 0.15) is 17.5 Å². The van der Waals surface area contributed by atoms with Gasteiger partial charge in [-0.15, -0.1) is 0 Å². The lowest BCUT2D eigenvalue weighted by Gasteiger charge is -2.14. The number of hydrogen-bond donors (Lipinski definition) is 2. The number of aryl methyl sites for hydroxylation is 1. The maximum Gasteiger partial charge on any atom is 0.248 e. The molecule has 0 atom stereocenters. The third-order valence-corrected chi connectivity index (χ3v) is 4.33. The first-order chi connectivity index (χ1) is 13.1. The maximum absolute atomic E-state index is 6.24. The van der Waals surface area contributed by atoms with Crippen molar-refractivity contribution in [2.45, 2.75) is 6.92 Å². The summed E-state index contributed by atoms with van der Waals surface area (Å²) in [4.78, 5) is 12.8. The van der Waals surface area contributed by atoms with Crippen molar-refractivity contribution in [3.63, 3.8) is 0 Å². The molecule has 7 heteroatoms. The molecule has 4 rings (SSSR count). The molecule has 0 saturated heterocycles. The number of fused-ring (bicyclic) bond motifs is 1. The molecule has 0 fully saturated rings. The Balaban J connectivity index is 1.67. The number of para-hydroxylation sites is 1. The van der Waals surface area contributed by atoms with E-state index in [4.69, 9.17) is 22.1 Å². The first kappa shape index (κ1) is 17.1. The second-order valence-electron chi connectivity index (χ2n) is 5.96. The van der Waals surface area contributed by atoms with Crippen molar-refractivity contribution in [2.24, 2.45) is 0 Å². The number of rotatable bonds is 4. The number of nitrogen functional groups attached to an aromatic ring is 1. The van der Waals surface area contributed by atoms with E-state index in [1.807, 2.05) is 49.4 Å². The molecule has 3 N–H and O–H groups in total. The highest BCUT2D eigenvalue weighted by Gasteiger charge is 2.13. The molecular weight excluding hydrogens is 362 g/mol. The van der Waals surface area contributed by atoms with E-state index in [0.717, 1.165) is 22.2 Å². The molecule has 4 aromatic rings. The van der Waals surface area contributed by atoms with Gasteiger partial charge >= 0.3 is 0 Å². The summed E-state index contributed by atoms with van der Waals surface area (Å²) in [6, 6.07) is 15.1. The third-order valence-electron chi connectivity index (χ3n) is 4.09. The Morgan fingerprint density at radius 2 is 1.89 bits per heavy atom. The molecule has 0 saturated carbocycles. The quantitative estimate of drug-likeness (QED) is 0.514. The molecule has 6 nitrogen and oxygen atoms in total. The number of pyridine rings is 1. The van der Waals surface area contributed by atoms with E-state index in [1.165, 1.54) is 6.33 Å². The van der Waals surface area contributed by atoms with Gasteiger partial charge in [0.05, 0.1) is 0 Å². The third kappa shape index (κ3) is 3.47. The number of benzene rings is 2. The molecule has 0 aliphatic carbocycles. The average Bonchev–Trinajstić information content (AvgIpc) is 2.67. The van der Waals surface area contributed by atoms with Crippen LogP contribution < -0.4 is 15.8 Å². The van der Waals surface area contributed by atoms with Gasteiger partial charge in [0.15, 0.2) is 11.6 Å². The summed E-state index contributed by atoms with van der Waals surface area (Å²) in [5.41, 5.74) is 9.11. The predicted molar refractivity (Wildman–Crippen MR) is 108 cm³/mol. The summed E-state index contributed by atoms with van der Waals surface area (Å²) in [5.74, 6) is 1.29. The van der Waals surface area contributed by atoms with Crippen LogP contribution in [0.2, 0.25) is 5.02 Å². The zero-order valence-corrected chi connectivity index (χ0v) is 15.2. The Morgan fingerprint density at radius 1 is 1.04 bits per heavy atom. The van der Waals surface area contributed by atoms with Crippen molar-refractivity contribution in [3.8, 4) is 11.6 Å². The van der Waals surface area contributed by atoms with Crippen molar-refractivity contribution in [1.82, 2.24) is 15.0 Å². The first-order valence-corrected chi connectivity index (χ1v) is 8.65. The summed E-state index contributed by atoms with van der Waals surface area (Å²) < 4.78 is 5.95. The van der Waals surface area contributed by atoms with Crippen LogP contribution in [-0.4, -0.2) is 15.0 Å². The molecule has 2 aromatic heterocycles. The van der Waals surface area contributed by atoms with Crippen LogP contribution in [0.4, 0.5) is 17.2 Å². The van der Waals surface area contributed by atoms with Gasteiger partial charge in [0, 0.05) is 22.3 Å². The number of ether oxygens (including phenoxy) is 1. The largest absolute Gasteiger partial charge is 0.435 e. The van der Waals surface area contributed by atoms with E-state index in [9.17, 15) is 0 Å². The summed E-state index contributed by atoms with van der Waals surface area (Å²) in [6.07, 6.45) is 3.12. The van der Waals surface area contributed by atoms with E-state index in [0.29, 0.717) is 22.3 Å². The van der Waals surface area contributed by atoms with Crippen LogP contribution in [0.15, 0.2) is 61.1 Å². The van der Waals surface area contributed by atoms with E-state index in [-0.39, 0.29) is 5.88 Å². The molecule has 0 aliphatic heterocycles. The summed E-state index contributed by atoms with van der Waals surface area (Å²) >= 11 is 6.01. The van der Waals surface area contributed by atoms with Crippen LogP contribution >= 0.6 is 11.6 Å². The highest BCUT2D eigenvalue weighted by Crippen LogP contribution is 2.34. The molecule has 134 valence electrons. The van der Waals surface area contributed by atoms with Crippen molar-refractivity contribution in [1.29, 1.82) is 0 Å². The van der Waals surface area contributed by atoms with Gasteiger partial charge in [-0.05, 0) is 42.8 Å². The Hall–Kier alpha value is -3.38. The monoisotopic (exact) mass is 377 g/mol. The lowest BCUT2D eigenvalue weighted by molar-refractivity contribution is 0.469. The molecule has 2 heterocycles. The average molecular weight is 378 g/mol. The molecule has 27 heavy (non-hydrogen) atoms. The highest BCUT2D eigenvalue weighted by molar-refractivity contribution is 6.30. The van der Waals surface area contributed by atoms with Crippen LogP contribution in [0.25, 0.3) is 10.9 Å². The standard InChI is InChI=1S/C20H16ClN5O/c1-12-10-14(21)7-8-15(12)26-19-17(22)20(25-11-24-19)27-16-6-2-4-13-5-3-9-23-18(13)16/h2-11H,22H2,1H3,(H,24,25,26). The van der Waals surface area contributed by atoms with Crippen molar-refractivity contribution < 1.29 is 4.74 Å². The molecular formula is C20H16ClN5O. The van der Waals surface area contributed by atoms with E-state index in [1.54, 1.807) is 12.3 Å². The predicted octanol–water partition coefficient (Wildman–Crippen LogP) is 5.10. The molecule has 0 bridgehead atoms. The van der Waals surface area contributed by atoms with Gasteiger partial charge in [0.2, 0.25) is 5.88 Å². The van der Waals surface area contributed by atoms with Gasteiger partial charge < -0.3 is 15.8 Å². The molecule has 2 aromatic carbocycles. The van der Waals surface area contributed by atoms with Gasteiger partial charge in [0.25, 0.3) is 0 Å². The van der Waals surface area contributed by atoms with Crippen molar-refractivity contribution >= 4 is 39.7 Å². The fourth-order valence-corrected chi connectivity index (χ4v) is 2.94. The fourth-order valence-electron chi connectivity index (χ4n) is 2.72. The zero-order valence-electron chi connectivity index (χ0n) is 14.5. The smallest absolute Gasteiger partial charge is 0.248 e. The van der Waals surface area contributed by atoms with Gasteiger partial charge in [-0.3, -0.25) is 4.98 Å². The van der Waals surface area contributed by atoms with Gasteiger partial charge in [-0.25, -0.2) is 4.98 Å². The maximum atomic E-state index is 6.24. The van der Waals surface area contributed by atoms with Crippen molar-refractivity contribution in [2.75, 3.05) is 11.1 Å². The number of aromatic nitrogens is 3. The second kappa shape index (κ2) is 7.09. The number of anilines is 3. The molecule has 0 aliphatic rings. The summed E-state index contributed by atoms with van der Waals surface area (Å²) in [6.45, 7) is 1.95. The first-order valence-electron chi connectivity index (χ1n) is 8.27. The fraction of sp³-hybridized carbons (Fsp3) is 0.0500. The Morgan fingerprint density at radius 3 is 2.74 bits per heavy atom. The van der Waals surface area contributed by atoms with Crippen LogP contribution in [0, 0.1) is 6.92 Å². The number of hydrogen-bond acceptors (Lipinski definition) is 6. The van der Waals surface area contributed by atoms with Crippen molar-refractivity contribution in [3.05, 3.63) is 71.6 Å². The Kier molecular flexibility index (Phi) is 4.48. The number of halogens is 1. The lowest BCUT2D eigenvalue weighted by atomic mass is 10.2. The Bertz CT molecular complexity index is 1130. The van der Waals surface area contributed by atoms with E-state index in [2.05, 4.69) is 20.3 Å². The summed E-state index contributed by atoms with van der Waals surface area (Å²) in [5, 5.41) is 4.84. The lowest BCUT2D eigenvalue weighted by Crippen LogP contribution is -2.04. The normalized spacial score (nSPS) is 10.7. The molecule has 0 radical (unpaired) electrons. The summed E-state index contributed by atoms with van der Waals surface area (Å²) in [7, 11) is 0. The van der Waals surface area contributed by atoms with Gasteiger partial charge in [-0.1, -0.05) is 29.8 Å². The SMILES string of the molecule is Cc1cc(Cl)ccc1Nc1ncnc(Oc2cccc3cccnc23)c1N.